The molecule has 4 rings (SSSR count). The number of fused-ring (bicyclic) bond motifs is 1. The number of H-pyrrole nitrogens is 1. The molecule has 9 heteroatoms. The number of aromatic nitrogens is 4. The number of halogens is 1. The highest BCUT2D eigenvalue weighted by Gasteiger charge is 2.28. The van der Waals surface area contributed by atoms with Crippen molar-refractivity contribution >= 4 is 34.5 Å². The molecule has 1 fully saturated rings. The van der Waals surface area contributed by atoms with Crippen molar-refractivity contribution in [3.63, 3.8) is 0 Å². The second-order valence-corrected chi connectivity index (χ2v) is 7.07. The Morgan fingerprint density at radius 2 is 2.25 bits per heavy atom. The SMILES string of the molecule is COc1ccccc1CNC(=O)[C@@H]1CCCN(c2nc(Cl)nc3nc[nH]c23)C1. The largest absolute Gasteiger partial charge is 0.496 e. The van der Waals surface area contributed by atoms with Gasteiger partial charge in [-0.1, -0.05) is 18.2 Å². The second-order valence-electron chi connectivity index (χ2n) is 6.73. The molecule has 1 saturated heterocycles. The lowest BCUT2D eigenvalue weighted by Crippen LogP contribution is -2.43. The van der Waals surface area contributed by atoms with Crippen molar-refractivity contribution in [2.45, 2.75) is 19.4 Å². The van der Waals surface area contributed by atoms with E-state index in [0.29, 0.717) is 24.6 Å². The number of rotatable bonds is 5. The molecular weight excluding hydrogens is 380 g/mol. The number of carbonyl (C=O) groups is 1. The summed E-state index contributed by atoms with van der Waals surface area (Å²) in [7, 11) is 1.63. The molecule has 0 bridgehead atoms. The van der Waals surface area contributed by atoms with Crippen LogP contribution in [0.1, 0.15) is 18.4 Å². The number of amides is 1. The van der Waals surface area contributed by atoms with Gasteiger partial charge in [-0.25, -0.2) is 4.98 Å². The fourth-order valence-corrected chi connectivity index (χ4v) is 3.74. The fourth-order valence-electron chi connectivity index (χ4n) is 3.58. The van der Waals surface area contributed by atoms with Crippen LogP contribution < -0.4 is 15.0 Å². The summed E-state index contributed by atoms with van der Waals surface area (Å²) in [4.78, 5) is 30.6. The molecule has 3 aromatic rings. The van der Waals surface area contributed by atoms with Crippen molar-refractivity contribution in [2.24, 2.45) is 5.92 Å². The molecule has 1 amide bonds. The zero-order chi connectivity index (χ0) is 19.5. The minimum Gasteiger partial charge on any atom is -0.496 e. The molecule has 2 N–H and O–H groups in total. The lowest BCUT2D eigenvalue weighted by atomic mass is 9.97. The molecule has 2 aromatic heterocycles. The number of methoxy groups -OCH3 is 1. The first-order chi connectivity index (χ1) is 13.7. The number of nitrogens with one attached hydrogen (secondary N) is 2. The predicted octanol–water partition coefficient (Wildman–Crippen LogP) is 2.55. The molecule has 146 valence electrons. The van der Waals surface area contributed by atoms with Crippen LogP contribution in [0, 0.1) is 5.92 Å². The number of para-hydroxylation sites is 1. The Bertz CT molecular complexity index is 991. The van der Waals surface area contributed by atoms with E-state index in [1.165, 1.54) is 0 Å². The van der Waals surface area contributed by atoms with Gasteiger partial charge in [0.1, 0.15) is 11.3 Å². The molecule has 1 aromatic carbocycles. The van der Waals surface area contributed by atoms with E-state index in [4.69, 9.17) is 16.3 Å². The first-order valence-electron chi connectivity index (χ1n) is 9.17. The van der Waals surface area contributed by atoms with Crippen molar-refractivity contribution in [3.8, 4) is 5.75 Å². The Balaban J connectivity index is 1.46. The Labute approximate surface area is 167 Å². The number of piperidine rings is 1. The van der Waals surface area contributed by atoms with Crippen LogP contribution in [0.4, 0.5) is 5.82 Å². The summed E-state index contributed by atoms with van der Waals surface area (Å²) >= 11 is 6.05. The monoisotopic (exact) mass is 400 g/mol. The first kappa shape index (κ1) is 18.5. The van der Waals surface area contributed by atoms with E-state index in [9.17, 15) is 4.79 Å². The Morgan fingerprint density at radius 1 is 1.39 bits per heavy atom. The van der Waals surface area contributed by atoms with Crippen LogP contribution in [-0.4, -0.2) is 46.0 Å². The third-order valence-electron chi connectivity index (χ3n) is 4.98. The molecule has 0 unspecified atom stereocenters. The Hall–Kier alpha value is -2.87. The summed E-state index contributed by atoms with van der Waals surface area (Å²) in [6, 6.07) is 7.68. The van der Waals surface area contributed by atoms with Crippen LogP contribution in [0.3, 0.4) is 0 Å². The maximum atomic E-state index is 12.8. The summed E-state index contributed by atoms with van der Waals surface area (Å²) in [5.41, 5.74) is 2.21. The van der Waals surface area contributed by atoms with Crippen LogP contribution in [0.25, 0.3) is 11.2 Å². The number of imidazole rings is 1. The normalized spacial score (nSPS) is 16.9. The van der Waals surface area contributed by atoms with Crippen LogP contribution in [0.5, 0.6) is 5.75 Å². The number of hydrogen-bond donors (Lipinski definition) is 2. The third kappa shape index (κ3) is 3.73. The molecule has 0 radical (unpaired) electrons. The van der Waals surface area contributed by atoms with E-state index in [0.717, 1.165) is 36.2 Å². The fraction of sp³-hybridized carbons (Fsp3) is 0.368. The number of benzene rings is 1. The van der Waals surface area contributed by atoms with E-state index in [1.807, 2.05) is 24.3 Å². The smallest absolute Gasteiger partial charge is 0.226 e. The third-order valence-corrected chi connectivity index (χ3v) is 5.15. The zero-order valence-corrected chi connectivity index (χ0v) is 16.2. The summed E-state index contributed by atoms with van der Waals surface area (Å²) in [6.45, 7) is 1.81. The number of nitrogens with zero attached hydrogens (tertiary/aromatic N) is 4. The Morgan fingerprint density at radius 3 is 3.11 bits per heavy atom. The molecule has 28 heavy (non-hydrogen) atoms. The van der Waals surface area contributed by atoms with E-state index in [2.05, 4.69) is 30.2 Å². The van der Waals surface area contributed by atoms with Gasteiger partial charge in [-0.3, -0.25) is 4.79 Å². The maximum absolute atomic E-state index is 12.8. The van der Waals surface area contributed by atoms with Gasteiger partial charge in [-0.2, -0.15) is 9.97 Å². The average molecular weight is 401 g/mol. The summed E-state index contributed by atoms with van der Waals surface area (Å²) in [5.74, 6) is 1.35. The number of ether oxygens (including phenoxy) is 1. The van der Waals surface area contributed by atoms with E-state index < -0.39 is 0 Å². The quantitative estimate of drug-likeness (QED) is 0.639. The highest BCUT2D eigenvalue weighted by Crippen LogP contribution is 2.27. The van der Waals surface area contributed by atoms with E-state index >= 15 is 0 Å². The number of aromatic amines is 1. The molecule has 1 aliphatic heterocycles. The minimum absolute atomic E-state index is 0.0246. The number of hydrogen-bond acceptors (Lipinski definition) is 6. The highest BCUT2D eigenvalue weighted by atomic mass is 35.5. The van der Waals surface area contributed by atoms with Gasteiger partial charge in [-0.15, -0.1) is 0 Å². The standard InChI is InChI=1S/C19H21ClN6O2/c1-28-14-7-3-2-5-12(14)9-21-18(27)13-6-4-8-26(10-13)17-15-16(23-11-22-15)24-19(20)25-17/h2-3,5,7,11,13H,4,6,8-10H2,1H3,(H,21,27)(H,22,23,24,25)/t13-/m1/s1. The summed E-state index contributed by atoms with van der Waals surface area (Å²) in [6.07, 6.45) is 3.30. The average Bonchev–Trinajstić information content (AvgIpc) is 3.20. The van der Waals surface area contributed by atoms with Gasteiger partial charge in [0.25, 0.3) is 0 Å². The van der Waals surface area contributed by atoms with Crippen LogP contribution in [-0.2, 0) is 11.3 Å². The van der Waals surface area contributed by atoms with Crippen molar-refractivity contribution in [2.75, 3.05) is 25.1 Å². The minimum atomic E-state index is -0.129. The van der Waals surface area contributed by atoms with Gasteiger partial charge in [0.2, 0.25) is 11.2 Å². The van der Waals surface area contributed by atoms with Gasteiger partial charge in [0.15, 0.2) is 11.5 Å². The predicted molar refractivity (Wildman–Crippen MR) is 106 cm³/mol. The summed E-state index contributed by atoms with van der Waals surface area (Å²) in [5, 5.41) is 3.18. The van der Waals surface area contributed by atoms with Gasteiger partial charge in [-0.05, 0) is 30.5 Å². The number of carbonyl (C=O) groups excluding carboxylic acids is 1. The molecule has 3 heterocycles. The van der Waals surface area contributed by atoms with E-state index in [1.54, 1.807) is 13.4 Å². The van der Waals surface area contributed by atoms with Gasteiger partial charge >= 0.3 is 0 Å². The van der Waals surface area contributed by atoms with E-state index in [-0.39, 0.29) is 17.1 Å². The first-order valence-corrected chi connectivity index (χ1v) is 9.54. The highest BCUT2D eigenvalue weighted by molar-refractivity contribution is 6.28. The summed E-state index contributed by atoms with van der Waals surface area (Å²) < 4.78 is 5.35. The van der Waals surface area contributed by atoms with Crippen molar-refractivity contribution in [1.82, 2.24) is 25.3 Å². The van der Waals surface area contributed by atoms with Crippen molar-refractivity contribution in [1.29, 1.82) is 0 Å². The molecular formula is C19H21ClN6O2. The lowest BCUT2D eigenvalue weighted by Gasteiger charge is -2.33. The maximum Gasteiger partial charge on any atom is 0.226 e. The van der Waals surface area contributed by atoms with Crippen molar-refractivity contribution in [3.05, 3.63) is 41.4 Å². The number of anilines is 1. The van der Waals surface area contributed by atoms with Gasteiger partial charge < -0.3 is 19.9 Å². The molecule has 0 aliphatic carbocycles. The molecule has 1 aliphatic rings. The molecule has 1 atom stereocenters. The molecule has 8 nitrogen and oxygen atoms in total. The zero-order valence-electron chi connectivity index (χ0n) is 15.5. The molecule has 0 saturated carbocycles. The van der Waals surface area contributed by atoms with Gasteiger partial charge in [0, 0.05) is 25.2 Å². The Kier molecular flexibility index (Phi) is 5.29. The van der Waals surface area contributed by atoms with Gasteiger partial charge in [0.05, 0.1) is 19.4 Å². The van der Waals surface area contributed by atoms with Crippen LogP contribution in [0.2, 0.25) is 5.28 Å². The van der Waals surface area contributed by atoms with Crippen LogP contribution in [0.15, 0.2) is 30.6 Å². The topological polar surface area (TPSA) is 96.0 Å². The second kappa shape index (κ2) is 8.02. The van der Waals surface area contributed by atoms with Crippen LogP contribution >= 0.6 is 11.6 Å². The lowest BCUT2D eigenvalue weighted by molar-refractivity contribution is -0.125. The van der Waals surface area contributed by atoms with Crippen molar-refractivity contribution < 1.29 is 9.53 Å². The molecule has 0 spiro atoms.